The molecular formula is C8H20LiN. The van der Waals surface area contributed by atoms with E-state index in [9.17, 15) is 0 Å². The molecule has 0 aromatic heterocycles. The van der Waals surface area contributed by atoms with Crippen LogP contribution in [0.4, 0.5) is 0 Å². The van der Waals surface area contributed by atoms with E-state index in [1.807, 2.05) is 0 Å². The molecule has 0 aliphatic rings. The Bertz CT molecular complexity index is 63.7. The van der Waals surface area contributed by atoms with E-state index in [2.05, 4.69) is 39.5 Å². The average molecular weight is 137 g/mol. The topological polar surface area (TPSA) is 3.24 Å². The summed E-state index contributed by atoms with van der Waals surface area (Å²) in [5.41, 5.74) is 0. The van der Waals surface area contributed by atoms with Gasteiger partial charge >= 0.3 is 18.9 Å². The number of rotatable bonds is 3. The first kappa shape index (κ1) is 13.2. The molecule has 1 nitrogen and oxygen atoms in total. The number of hydrogen-bond acceptors (Lipinski definition) is 1. The summed E-state index contributed by atoms with van der Waals surface area (Å²) in [6.45, 7) is 12.3. The predicted molar refractivity (Wildman–Crippen MR) is 49.8 cm³/mol. The van der Waals surface area contributed by atoms with Gasteiger partial charge in [0.25, 0.3) is 0 Å². The van der Waals surface area contributed by atoms with Crippen LogP contribution in [0.25, 0.3) is 0 Å². The van der Waals surface area contributed by atoms with Gasteiger partial charge in [-0.05, 0) is 34.2 Å². The van der Waals surface area contributed by atoms with Crippen LogP contribution in [0.5, 0.6) is 0 Å². The van der Waals surface area contributed by atoms with Crippen LogP contribution >= 0.6 is 0 Å². The van der Waals surface area contributed by atoms with Gasteiger partial charge < -0.3 is 0 Å². The minimum absolute atomic E-state index is 0. The molecule has 2 heteroatoms. The summed E-state index contributed by atoms with van der Waals surface area (Å²) in [7, 11) is 0. The van der Waals surface area contributed by atoms with E-state index in [1.54, 1.807) is 0 Å². The van der Waals surface area contributed by atoms with Crippen LogP contribution in [-0.2, 0) is 0 Å². The average Bonchev–Trinajstić information content (AvgIpc) is 1.64. The fourth-order valence-electron chi connectivity index (χ4n) is 1.33. The zero-order valence-electron chi connectivity index (χ0n) is 7.31. The van der Waals surface area contributed by atoms with Crippen LogP contribution in [-0.4, -0.2) is 42.4 Å². The summed E-state index contributed by atoms with van der Waals surface area (Å²) < 4.78 is 0. The Morgan fingerprint density at radius 3 is 1.30 bits per heavy atom. The molecule has 0 aliphatic carbocycles. The second-order valence-corrected chi connectivity index (χ2v) is 3.02. The minimum atomic E-state index is 0. The van der Waals surface area contributed by atoms with Gasteiger partial charge in [0.1, 0.15) is 0 Å². The van der Waals surface area contributed by atoms with E-state index in [4.69, 9.17) is 0 Å². The summed E-state index contributed by atoms with van der Waals surface area (Å²) in [6.07, 6.45) is 0. The Kier molecular flexibility index (Phi) is 8.27. The SMILES string of the molecule is CCN(C(C)C)C(C)C.[LiH]. The molecule has 0 rings (SSSR count). The van der Waals surface area contributed by atoms with Gasteiger partial charge in [-0.15, -0.1) is 0 Å². The van der Waals surface area contributed by atoms with Crippen molar-refractivity contribution in [2.24, 2.45) is 0 Å². The summed E-state index contributed by atoms with van der Waals surface area (Å²) in [5.74, 6) is 0. The van der Waals surface area contributed by atoms with Crippen LogP contribution < -0.4 is 0 Å². The van der Waals surface area contributed by atoms with Crippen molar-refractivity contribution in [1.29, 1.82) is 0 Å². The number of nitrogens with zero attached hydrogens (tertiary/aromatic N) is 1. The maximum atomic E-state index is 2.46. The van der Waals surface area contributed by atoms with Crippen LogP contribution in [0.3, 0.4) is 0 Å². The van der Waals surface area contributed by atoms with Gasteiger partial charge in [0.05, 0.1) is 0 Å². The third-order valence-corrected chi connectivity index (χ3v) is 1.69. The second-order valence-electron chi connectivity index (χ2n) is 3.02. The molecule has 58 valence electrons. The Labute approximate surface area is 77.4 Å². The molecule has 0 aliphatic heterocycles. The fourth-order valence-corrected chi connectivity index (χ4v) is 1.33. The van der Waals surface area contributed by atoms with Crippen molar-refractivity contribution >= 4 is 18.9 Å². The molecule has 0 amide bonds. The van der Waals surface area contributed by atoms with E-state index < -0.39 is 0 Å². The molecule has 0 saturated heterocycles. The van der Waals surface area contributed by atoms with Crippen LogP contribution in [0.15, 0.2) is 0 Å². The van der Waals surface area contributed by atoms with Gasteiger partial charge in [0.2, 0.25) is 0 Å². The quantitative estimate of drug-likeness (QED) is 0.532. The molecule has 0 fully saturated rings. The molecule has 0 spiro atoms. The molecule has 0 atom stereocenters. The van der Waals surface area contributed by atoms with Crippen molar-refractivity contribution in [1.82, 2.24) is 4.90 Å². The first-order chi connectivity index (χ1) is 4.09. The molecule has 0 N–H and O–H groups in total. The van der Waals surface area contributed by atoms with Gasteiger partial charge in [0.15, 0.2) is 0 Å². The van der Waals surface area contributed by atoms with Crippen molar-refractivity contribution in [3.8, 4) is 0 Å². The van der Waals surface area contributed by atoms with Crippen molar-refractivity contribution in [3.63, 3.8) is 0 Å². The van der Waals surface area contributed by atoms with E-state index in [0.717, 1.165) is 6.54 Å². The summed E-state index contributed by atoms with van der Waals surface area (Å²) in [5, 5.41) is 0. The van der Waals surface area contributed by atoms with Gasteiger partial charge in [-0.25, -0.2) is 0 Å². The zero-order chi connectivity index (χ0) is 7.44. The summed E-state index contributed by atoms with van der Waals surface area (Å²) >= 11 is 0. The van der Waals surface area contributed by atoms with Gasteiger partial charge in [-0.2, -0.15) is 0 Å². The molecule has 0 heterocycles. The Balaban J connectivity index is 0. The molecule has 0 unspecified atom stereocenters. The van der Waals surface area contributed by atoms with Gasteiger partial charge in [0, 0.05) is 12.1 Å². The molecule has 0 aromatic carbocycles. The Morgan fingerprint density at radius 1 is 1.00 bits per heavy atom. The van der Waals surface area contributed by atoms with Crippen molar-refractivity contribution in [3.05, 3.63) is 0 Å². The molecule has 0 bridgehead atoms. The molecule has 0 saturated carbocycles. The standard InChI is InChI=1S/C8H19N.Li.H/c1-6-9(7(2)3)8(4)5;;/h7-8H,6H2,1-5H3;;. The van der Waals surface area contributed by atoms with Gasteiger partial charge in [-0.1, -0.05) is 6.92 Å². The van der Waals surface area contributed by atoms with Crippen molar-refractivity contribution < 1.29 is 0 Å². The third kappa shape index (κ3) is 4.39. The monoisotopic (exact) mass is 137 g/mol. The van der Waals surface area contributed by atoms with E-state index >= 15 is 0 Å². The van der Waals surface area contributed by atoms with Crippen molar-refractivity contribution in [2.45, 2.75) is 46.7 Å². The van der Waals surface area contributed by atoms with Crippen LogP contribution in [0.2, 0.25) is 0 Å². The Morgan fingerprint density at radius 2 is 1.30 bits per heavy atom. The van der Waals surface area contributed by atoms with Crippen LogP contribution in [0, 0.1) is 0 Å². The third-order valence-electron chi connectivity index (χ3n) is 1.69. The second kappa shape index (κ2) is 6.28. The van der Waals surface area contributed by atoms with Gasteiger partial charge in [-0.3, -0.25) is 4.90 Å². The summed E-state index contributed by atoms with van der Waals surface area (Å²) in [4.78, 5) is 2.46. The molecule has 10 heavy (non-hydrogen) atoms. The molecular weight excluding hydrogens is 117 g/mol. The van der Waals surface area contributed by atoms with E-state index in [1.165, 1.54) is 0 Å². The van der Waals surface area contributed by atoms with E-state index in [-0.39, 0.29) is 18.9 Å². The fraction of sp³-hybridized carbons (Fsp3) is 1.00. The molecule has 0 aromatic rings. The summed E-state index contributed by atoms with van der Waals surface area (Å²) in [6, 6.07) is 1.38. The normalized spacial score (nSPS) is 10.8. The maximum absolute atomic E-state index is 2.46. The first-order valence-electron chi connectivity index (χ1n) is 3.85. The van der Waals surface area contributed by atoms with Crippen LogP contribution in [0.1, 0.15) is 34.6 Å². The van der Waals surface area contributed by atoms with Crippen molar-refractivity contribution in [2.75, 3.05) is 6.54 Å². The Hall–Kier alpha value is 0.557. The molecule has 0 radical (unpaired) electrons. The zero-order valence-corrected chi connectivity index (χ0v) is 7.31. The number of hydrogen-bond donors (Lipinski definition) is 0. The van der Waals surface area contributed by atoms with E-state index in [0.29, 0.717) is 12.1 Å². The first-order valence-corrected chi connectivity index (χ1v) is 3.85. The predicted octanol–water partition coefficient (Wildman–Crippen LogP) is 1.48.